The number of rotatable bonds is 3. The van der Waals surface area contributed by atoms with E-state index in [-0.39, 0.29) is 0 Å². The quantitative estimate of drug-likeness (QED) is 0.870. The van der Waals surface area contributed by atoms with Crippen LogP contribution < -0.4 is 0 Å². The van der Waals surface area contributed by atoms with Gasteiger partial charge in [-0.2, -0.15) is 0 Å². The average Bonchev–Trinajstić information content (AvgIpc) is 2.75. The van der Waals surface area contributed by atoms with Crippen molar-refractivity contribution in [3.05, 3.63) is 39.7 Å². The van der Waals surface area contributed by atoms with E-state index in [2.05, 4.69) is 4.98 Å². The molecule has 1 unspecified atom stereocenters. The highest BCUT2D eigenvalue weighted by Gasteiger charge is 2.12. The van der Waals surface area contributed by atoms with Crippen molar-refractivity contribution in [1.82, 2.24) is 4.98 Å². The van der Waals surface area contributed by atoms with Crippen molar-refractivity contribution >= 4 is 11.3 Å². The lowest BCUT2D eigenvalue weighted by Gasteiger charge is -2.04. The minimum atomic E-state index is -0.524. The monoisotopic (exact) mass is 223 g/mol. The smallest absolute Gasteiger partial charge is 0.101 e. The van der Waals surface area contributed by atoms with Crippen LogP contribution in [-0.2, 0) is 6.42 Å². The minimum absolute atomic E-state index is 0.524. The van der Waals surface area contributed by atoms with E-state index in [4.69, 9.17) is 4.42 Å². The molecule has 2 rings (SSSR count). The van der Waals surface area contributed by atoms with E-state index in [0.29, 0.717) is 6.42 Å². The van der Waals surface area contributed by atoms with Crippen LogP contribution in [-0.4, -0.2) is 10.1 Å². The molecule has 0 bridgehead atoms. The molecule has 0 spiro atoms. The number of hydrogen-bond acceptors (Lipinski definition) is 4. The summed E-state index contributed by atoms with van der Waals surface area (Å²) in [7, 11) is 0. The Kier molecular flexibility index (Phi) is 2.88. The molecule has 0 fully saturated rings. The van der Waals surface area contributed by atoms with Gasteiger partial charge in [-0.1, -0.05) is 0 Å². The molecule has 2 aromatic rings. The Morgan fingerprint density at radius 3 is 2.87 bits per heavy atom. The molecule has 0 saturated heterocycles. The lowest BCUT2D eigenvalue weighted by atomic mass is 10.1. The second-order valence-electron chi connectivity index (χ2n) is 3.57. The number of aryl methyl sites for hydroxylation is 2. The van der Waals surface area contributed by atoms with E-state index in [1.54, 1.807) is 17.6 Å². The average molecular weight is 223 g/mol. The Morgan fingerprint density at radius 2 is 2.33 bits per heavy atom. The fourth-order valence-electron chi connectivity index (χ4n) is 1.46. The van der Waals surface area contributed by atoms with Crippen LogP contribution in [0.4, 0.5) is 0 Å². The number of nitrogens with zero attached hydrogens (tertiary/aromatic N) is 1. The highest BCUT2D eigenvalue weighted by Crippen LogP contribution is 2.21. The molecule has 2 heterocycles. The molecule has 0 aliphatic carbocycles. The first-order valence-corrected chi connectivity index (χ1v) is 5.67. The number of hydrogen-bond donors (Lipinski definition) is 1. The zero-order chi connectivity index (χ0) is 10.8. The van der Waals surface area contributed by atoms with Crippen LogP contribution in [0.1, 0.15) is 28.1 Å². The molecule has 0 aliphatic heterocycles. The maximum Gasteiger partial charge on any atom is 0.101 e. The molecule has 1 N–H and O–H groups in total. The molecule has 0 radical (unpaired) electrons. The van der Waals surface area contributed by atoms with Gasteiger partial charge in [-0.25, -0.2) is 4.98 Å². The summed E-state index contributed by atoms with van der Waals surface area (Å²) in [6.07, 6.45) is 1.62. The number of thiazole rings is 1. The number of furan rings is 1. The predicted molar refractivity (Wildman–Crippen MR) is 59.0 cm³/mol. The maximum absolute atomic E-state index is 9.90. The van der Waals surface area contributed by atoms with E-state index < -0.39 is 6.10 Å². The third kappa shape index (κ3) is 2.46. The van der Waals surface area contributed by atoms with Gasteiger partial charge in [0.05, 0.1) is 23.1 Å². The molecule has 0 aliphatic rings. The van der Waals surface area contributed by atoms with Gasteiger partial charge < -0.3 is 9.52 Å². The lowest BCUT2D eigenvalue weighted by Crippen LogP contribution is -2.00. The van der Waals surface area contributed by atoms with Crippen LogP contribution in [0.25, 0.3) is 0 Å². The van der Waals surface area contributed by atoms with E-state index in [9.17, 15) is 5.11 Å². The SMILES string of the molecule is Cc1cc(C(O)Cc2csc(C)n2)co1. The first kappa shape index (κ1) is 10.4. The second kappa shape index (κ2) is 4.16. The lowest BCUT2D eigenvalue weighted by molar-refractivity contribution is 0.176. The summed E-state index contributed by atoms with van der Waals surface area (Å²) in [5, 5.41) is 12.9. The Morgan fingerprint density at radius 1 is 1.53 bits per heavy atom. The molecule has 0 aromatic carbocycles. The van der Waals surface area contributed by atoms with Crippen molar-refractivity contribution in [2.45, 2.75) is 26.4 Å². The van der Waals surface area contributed by atoms with Gasteiger partial charge in [-0.3, -0.25) is 0 Å². The fraction of sp³-hybridized carbons (Fsp3) is 0.364. The third-order valence-electron chi connectivity index (χ3n) is 2.20. The second-order valence-corrected chi connectivity index (χ2v) is 4.63. The first-order chi connectivity index (χ1) is 7.15. The van der Waals surface area contributed by atoms with Crippen molar-refractivity contribution in [3.8, 4) is 0 Å². The molecule has 15 heavy (non-hydrogen) atoms. The molecule has 4 heteroatoms. The number of aliphatic hydroxyl groups is 1. The predicted octanol–water partition coefficient (Wildman–Crippen LogP) is 2.63. The molecule has 2 aromatic heterocycles. The molecular formula is C11H13NO2S. The Hall–Kier alpha value is -1.13. The van der Waals surface area contributed by atoms with Crippen molar-refractivity contribution in [1.29, 1.82) is 0 Å². The summed E-state index contributed by atoms with van der Waals surface area (Å²) < 4.78 is 5.15. The van der Waals surface area contributed by atoms with Crippen LogP contribution in [0.5, 0.6) is 0 Å². The van der Waals surface area contributed by atoms with Gasteiger partial charge in [0.15, 0.2) is 0 Å². The standard InChI is InChI=1S/C11H13NO2S/c1-7-3-9(5-14-7)11(13)4-10-6-15-8(2)12-10/h3,5-6,11,13H,4H2,1-2H3. The van der Waals surface area contributed by atoms with Gasteiger partial charge >= 0.3 is 0 Å². The van der Waals surface area contributed by atoms with Crippen LogP contribution in [0, 0.1) is 13.8 Å². The van der Waals surface area contributed by atoms with Crippen LogP contribution >= 0.6 is 11.3 Å². The van der Waals surface area contributed by atoms with E-state index in [1.807, 2.05) is 25.3 Å². The van der Waals surface area contributed by atoms with Gasteiger partial charge in [0, 0.05) is 17.4 Å². The Bertz CT molecular complexity index is 447. The number of aromatic nitrogens is 1. The highest BCUT2D eigenvalue weighted by atomic mass is 32.1. The molecular weight excluding hydrogens is 210 g/mol. The molecule has 80 valence electrons. The summed E-state index contributed by atoms with van der Waals surface area (Å²) >= 11 is 1.60. The topological polar surface area (TPSA) is 46.3 Å². The zero-order valence-corrected chi connectivity index (χ0v) is 9.54. The summed E-state index contributed by atoms with van der Waals surface area (Å²) in [6, 6.07) is 1.85. The Balaban J connectivity index is 2.06. The molecule has 1 atom stereocenters. The van der Waals surface area contributed by atoms with E-state index >= 15 is 0 Å². The van der Waals surface area contributed by atoms with E-state index in [0.717, 1.165) is 22.0 Å². The van der Waals surface area contributed by atoms with E-state index in [1.165, 1.54) is 0 Å². The molecule has 3 nitrogen and oxygen atoms in total. The van der Waals surface area contributed by atoms with Crippen molar-refractivity contribution in [2.75, 3.05) is 0 Å². The van der Waals surface area contributed by atoms with Crippen molar-refractivity contribution in [2.24, 2.45) is 0 Å². The zero-order valence-electron chi connectivity index (χ0n) is 8.73. The summed E-state index contributed by atoms with van der Waals surface area (Å²) in [5.74, 6) is 0.818. The summed E-state index contributed by atoms with van der Waals surface area (Å²) in [6.45, 7) is 3.83. The third-order valence-corrected chi connectivity index (χ3v) is 3.03. The minimum Gasteiger partial charge on any atom is -0.469 e. The van der Waals surface area contributed by atoms with Gasteiger partial charge in [0.25, 0.3) is 0 Å². The Labute approximate surface area is 92.4 Å². The first-order valence-electron chi connectivity index (χ1n) is 4.79. The van der Waals surface area contributed by atoms with Gasteiger partial charge in [0.2, 0.25) is 0 Å². The highest BCUT2D eigenvalue weighted by molar-refractivity contribution is 7.09. The van der Waals surface area contributed by atoms with Crippen molar-refractivity contribution in [3.63, 3.8) is 0 Å². The fourth-order valence-corrected chi connectivity index (χ4v) is 2.08. The number of aliphatic hydroxyl groups excluding tert-OH is 1. The van der Waals surface area contributed by atoms with Crippen LogP contribution in [0.3, 0.4) is 0 Å². The molecule has 0 amide bonds. The van der Waals surface area contributed by atoms with Gasteiger partial charge in [-0.15, -0.1) is 11.3 Å². The maximum atomic E-state index is 9.90. The summed E-state index contributed by atoms with van der Waals surface area (Å²) in [4.78, 5) is 4.31. The largest absolute Gasteiger partial charge is 0.469 e. The molecule has 0 saturated carbocycles. The van der Waals surface area contributed by atoms with Crippen LogP contribution in [0.15, 0.2) is 22.1 Å². The van der Waals surface area contributed by atoms with Crippen molar-refractivity contribution < 1.29 is 9.52 Å². The van der Waals surface area contributed by atoms with Crippen LogP contribution in [0.2, 0.25) is 0 Å². The summed E-state index contributed by atoms with van der Waals surface area (Å²) in [5.41, 5.74) is 1.75. The van der Waals surface area contributed by atoms with Gasteiger partial charge in [0.1, 0.15) is 5.76 Å². The normalized spacial score (nSPS) is 13.0. The van der Waals surface area contributed by atoms with Gasteiger partial charge in [-0.05, 0) is 19.9 Å².